The van der Waals surface area contributed by atoms with E-state index in [0.717, 1.165) is 11.1 Å². The summed E-state index contributed by atoms with van der Waals surface area (Å²) >= 11 is 9.35. The summed E-state index contributed by atoms with van der Waals surface area (Å²) in [5, 5.41) is 4.56. The minimum Gasteiger partial charge on any atom is -0.493 e. The molecule has 0 aliphatic carbocycles. The average Bonchev–Trinajstić information content (AvgIpc) is 2.62. The number of nitrogens with one attached hydrogen (secondary N) is 1. The number of aryl methyl sites for hydroxylation is 1. The van der Waals surface area contributed by atoms with Crippen molar-refractivity contribution in [2.24, 2.45) is 5.10 Å². The zero-order valence-corrected chi connectivity index (χ0v) is 16.8. The molecule has 0 aromatic heterocycles. The first-order chi connectivity index (χ1) is 12.4. The van der Waals surface area contributed by atoms with Crippen LogP contribution in [0.1, 0.15) is 11.1 Å². The molecule has 0 bridgehead atoms. The van der Waals surface area contributed by atoms with Crippen LogP contribution >= 0.6 is 27.5 Å². The second kappa shape index (κ2) is 9.45. The Hall–Kier alpha value is -2.25. The van der Waals surface area contributed by atoms with Crippen molar-refractivity contribution in [1.29, 1.82) is 0 Å². The maximum Gasteiger partial charge on any atom is 0.277 e. The van der Waals surface area contributed by atoms with E-state index in [1.165, 1.54) is 6.21 Å². The van der Waals surface area contributed by atoms with Gasteiger partial charge in [0.05, 0.1) is 24.9 Å². The highest BCUT2D eigenvalue weighted by atomic mass is 79.9. The summed E-state index contributed by atoms with van der Waals surface area (Å²) in [7, 11) is 3.10. The predicted octanol–water partition coefficient (Wildman–Crippen LogP) is 3.96. The molecule has 0 saturated carbocycles. The summed E-state index contributed by atoms with van der Waals surface area (Å²) in [5.74, 6) is 1.32. The number of methoxy groups -OCH3 is 2. The van der Waals surface area contributed by atoms with E-state index in [4.69, 9.17) is 25.8 Å². The van der Waals surface area contributed by atoms with Crippen LogP contribution < -0.4 is 19.6 Å². The van der Waals surface area contributed by atoms with Crippen molar-refractivity contribution < 1.29 is 19.0 Å². The molecule has 0 aliphatic heterocycles. The largest absolute Gasteiger partial charge is 0.493 e. The molecule has 2 aromatic carbocycles. The Morgan fingerprint density at radius 3 is 2.69 bits per heavy atom. The summed E-state index contributed by atoms with van der Waals surface area (Å²) in [6.07, 6.45) is 1.50. The number of rotatable bonds is 7. The number of nitrogens with zero attached hydrogens (tertiary/aromatic N) is 1. The Bertz CT molecular complexity index is 827. The van der Waals surface area contributed by atoms with Gasteiger partial charge in [0.2, 0.25) is 0 Å². The number of carbonyl (C=O) groups excluding carboxylic acids is 1. The Labute approximate surface area is 165 Å². The van der Waals surface area contributed by atoms with E-state index in [0.29, 0.717) is 26.7 Å². The van der Waals surface area contributed by atoms with Gasteiger partial charge in [0, 0.05) is 5.02 Å². The van der Waals surface area contributed by atoms with Gasteiger partial charge in [-0.1, -0.05) is 11.6 Å². The number of halogens is 2. The van der Waals surface area contributed by atoms with Crippen LogP contribution in [-0.4, -0.2) is 32.9 Å². The summed E-state index contributed by atoms with van der Waals surface area (Å²) in [5.41, 5.74) is 4.01. The Morgan fingerprint density at radius 1 is 1.27 bits per heavy atom. The summed E-state index contributed by atoms with van der Waals surface area (Å²) in [6.45, 7) is 1.70. The van der Waals surface area contributed by atoms with E-state index in [-0.39, 0.29) is 12.5 Å². The third-order valence-corrected chi connectivity index (χ3v) is 4.37. The minimum atomic E-state index is -0.381. The first-order valence-corrected chi connectivity index (χ1v) is 8.74. The van der Waals surface area contributed by atoms with Gasteiger partial charge in [-0.05, 0) is 64.3 Å². The smallest absolute Gasteiger partial charge is 0.277 e. The molecule has 138 valence electrons. The number of ether oxygens (including phenoxy) is 3. The van der Waals surface area contributed by atoms with Crippen molar-refractivity contribution in [3.8, 4) is 17.2 Å². The van der Waals surface area contributed by atoms with Crippen molar-refractivity contribution in [3.63, 3.8) is 0 Å². The minimum absolute atomic E-state index is 0.159. The zero-order chi connectivity index (χ0) is 19.1. The fourth-order valence-corrected chi connectivity index (χ4v) is 2.82. The van der Waals surface area contributed by atoms with Crippen molar-refractivity contribution >= 4 is 39.7 Å². The van der Waals surface area contributed by atoms with Crippen LogP contribution in [0.5, 0.6) is 17.2 Å². The van der Waals surface area contributed by atoms with Gasteiger partial charge < -0.3 is 14.2 Å². The Balaban J connectivity index is 1.92. The van der Waals surface area contributed by atoms with E-state index in [1.807, 2.05) is 6.92 Å². The summed E-state index contributed by atoms with van der Waals surface area (Å²) in [4.78, 5) is 11.8. The lowest BCUT2D eigenvalue weighted by atomic mass is 10.2. The molecule has 6 nitrogen and oxygen atoms in total. The summed E-state index contributed by atoms with van der Waals surface area (Å²) < 4.78 is 16.6. The third-order valence-electron chi connectivity index (χ3n) is 3.36. The lowest BCUT2D eigenvalue weighted by Crippen LogP contribution is -2.24. The van der Waals surface area contributed by atoms with Crippen molar-refractivity contribution in [2.45, 2.75) is 6.92 Å². The first-order valence-electron chi connectivity index (χ1n) is 7.57. The van der Waals surface area contributed by atoms with Crippen LogP contribution in [0.3, 0.4) is 0 Å². The molecule has 0 heterocycles. The van der Waals surface area contributed by atoms with E-state index in [9.17, 15) is 4.79 Å². The van der Waals surface area contributed by atoms with Gasteiger partial charge in [-0.25, -0.2) is 5.43 Å². The van der Waals surface area contributed by atoms with Crippen LogP contribution in [0.25, 0.3) is 0 Å². The molecule has 1 N–H and O–H groups in total. The highest BCUT2D eigenvalue weighted by Gasteiger charge is 2.09. The van der Waals surface area contributed by atoms with Crippen LogP contribution in [0.2, 0.25) is 5.02 Å². The molecule has 26 heavy (non-hydrogen) atoms. The third kappa shape index (κ3) is 5.37. The monoisotopic (exact) mass is 440 g/mol. The molecular weight excluding hydrogens is 424 g/mol. The van der Waals surface area contributed by atoms with Gasteiger partial charge in [0.15, 0.2) is 18.1 Å². The van der Waals surface area contributed by atoms with Gasteiger partial charge in [0.25, 0.3) is 5.91 Å². The fourth-order valence-electron chi connectivity index (χ4n) is 2.08. The predicted molar refractivity (Wildman–Crippen MR) is 105 cm³/mol. The molecule has 2 aromatic rings. The molecule has 0 saturated heterocycles. The Morgan fingerprint density at radius 2 is 2.04 bits per heavy atom. The van der Waals surface area contributed by atoms with Gasteiger partial charge in [-0.15, -0.1) is 0 Å². The highest BCUT2D eigenvalue weighted by molar-refractivity contribution is 9.10. The first kappa shape index (κ1) is 20.1. The van der Waals surface area contributed by atoms with Crippen molar-refractivity contribution in [3.05, 3.63) is 51.0 Å². The second-order valence-electron chi connectivity index (χ2n) is 5.23. The van der Waals surface area contributed by atoms with E-state index < -0.39 is 0 Å². The number of hydrogen-bond donors (Lipinski definition) is 1. The van der Waals surface area contributed by atoms with Crippen LogP contribution in [0.4, 0.5) is 0 Å². The maximum atomic E-state index is 11.8. The van der Waals surface area contributed by atoms with Crippen molar-refractivity contribution in [2.75, 3.05) is 20.8 Å². The van der Waals surface area contributed by atoms with Crippen LogP contribution in [-0.2, 0) is 4.79 Å². The normalized spacial score (nSPS) is 10.7. The SMILES string of the molecule is COc1cc(C=NNC(=O)COc2ccc(Cl)c(C)c2)cc(Br)c1OC. The second-order valence-corrected chi connectivity index (χ2v) is 6.49. The standard InChI is InChI=1S/C18H18BrClN2O4/c1-11-6-13(4-5-15(11)20)26-10-17(23)22-21-9-12-7-14(19)18(25-3)16(8-12)24-2/h4-9H,10H2,1-3H3,(H,22,23). The molecule has 2 rings (SSSR count). The van der Waals surface area contributed by atoms with Crippen molar-refractivity contribution in [1.82, 2.24) is 5.43 Å². The lowest BCUT2D eigenvalue weighted by Gasteiger charge is -2.10. The molecule has 0 aliphatic rings. The zero-order valence-electron chi connectivity index (χ0n) is 14.5. The maximum absolute atomic E-state index is 11.8. The van der Waals surface area contributed by atoms with Crippen LogP contribution in [0.15, 0.2) is 39.9 Å². The van der Waals surface area contributed by atoms with Gasteiger partial charge >= 0.3 is 0 Å². The molecular formula is C18H18BrClN2O4. The molecule has 0 fully saturated rings. The van der Waals surface area contributed by atoms with Gasteiger partial charge in [0.1, 0.15) is 5.75 Å². The quantitative estimate of drug-likeness (QED) is 0.522. The van der Waals surface area contributed by atoms with E-state index in [2.05, 4.69) is 26.5 Å². The number of benzene rings is 2. The molecule has 8 heteroatoms. The topological polar surface area (TPSA) is 69.2 Å². The van der Waals surface area contributed by atoms with E-state index in [1.54, 1.807) is 44.6 Å². The van der Waals surface area contributed by atoms with E-state index >= 15 is 0 Å². The number of carbonyl (C=O) groups is 1. The van der Waals surface area contributed by atoms with Crippen LogP contribution in [0, 0.1) is 6.92 Å². The molecule has 1 amide bonds. The average molecular weight is 442 g/mol. The number of hydrogen-bond acceptors (Lipinski definition) is 5. The number of amides is 1. The fraction of sp³-hybridized carbons (Fsp3) is 0.222. The van der Waals surface area contributed by atoms with Gasteiger partial charge in [-0.3, -0.25) is 4.79 Å². The van der Waals surface area contributed by atoms with Gasteiger partial charge in [-0.2, -0.15) is 5.10 Å². The molecule has 0 radical (unpaired) electrons. The molecule has 0 unspecified atom stereocenters. The lowest BCUT2D eigenvalue weighted by molar-refractivity contribution is -0.123. The number of hydrazone groups is 1. The Kier molecular flexibility index (Phi) is 7.29. The summed E-state index contributed by atoms with van der Waals surface area (Å²) in [6, 6.07) is 8.72. The highest BCUT2D eigenvalue weighted by Crippen LogP contribution is 2.35. The molecule has 0 spiro atoms. The molecule has 0 atom stereocenters.